The molecule has 0 aromatic heterocycles. The Bertz CT molecular complexity index is 707. The third kappa shape index (κ3) is 7.91. The smallest absolute Gasteiger partial charge is 0.393 e. The lowest BCUT2D eigenvalue weighted by Crippen LogP contribution is -2.62. The first kappa shape index (κ1) is 34.4. The fraction of sp³-hybridized carbons (Fsp3) is 1.00. The van der Waals surface area contributed by atoms with Crippen molar-refractivity contribution in [1.29, 1.82) is 0 Å². The molecular formula is C27H54N3O9P. The van der Waals surface area contributed by atoms with Gasteiger partial charge in [-0.25, -0.2) is 0 Å². The average molecular weight is 596 g/mol. The van der Waals surface area contributed by atoms with Gasteiger partial charge in [-0.05, 0) is 122 Å². The molecule has 3 saturated heterocycles. The lowest BCUT2D eigenvalue weighted by molar-refractivity contribution is -0.491. The highest BCUT2D eigenvalue weighted by Gasteiger charge is 2.51. The molecule has 0 bridgehead atoms. The molecule has 0 aliphatic carbocycles. The van der Waals surface area contributed by atoms with Crippen LogP contribution in [0.4, 0.5) is 0 Å². The topological polar surface area (TPSA) is 126 Å². The fourth-order valence-corrected chi connectivity index (χ4v) is 7.89. The number of hydrogen-bond donors (Lipinski definition) is 3. The van der Waals surface area contributed by atoms with Crippen LogP contribution >= 0.6 is 8.60 Å². The van der Waals surface area contributed by atoms with E-state index < -0.39 is 60.1 Å². The minimum atomic E-state index is -2.40. The van der Waals surface area contributed by atoms with Crippen LogP contribution in [0.3, 0.4) is 0 Å². The van der Waals surface area contributed by atoms with Crippen LogP contribution in [0.25, 0.3) is 0 Å². The molecule has 3 N–H and O–H groups in total. The van der Waals surface area contributed by atoms with E-state index in [0.717, 1.165) is 0 Å². The summed E-state index contributed by atoms with van der Waals surface area (Å²) in [6, 6.07) is 0. The van der Waals surface area contributed by atoms with Crippen LogP contribution in [-0.4, -0.2) is 82.1 Å². The van der Waals surface area contributed by atoms with Gasteiger partial charge in [0.15, 0.2) is 0 Å². The Morgan fingerprint density at radius 3 is 0.775 bits per heavy atom. The Labute approximate surface area is 241 Å². The predicted molar refractivity (Wildman–Crippen MR) is 149 cm³/mol. The number of aliphatic hydroxyl groups is 3. The van der Waals surface area contributed by atoms with E-state index >= 15 is 0 Å². The minimum absolute atomic E-state index is 0.469. The van der Waals surface area contributed by atoms with Crippen molar-refractivity contribution in [2.24, 2.45) is 0 Å². The van der Waals surface area contributed by atoms with E-state index in [0.29, 0.717) is 38.5 Å². The standard InChI is InChI=1S/C27H54N3O9P/c1-22(2)13-19(31)14-23(3,4)28(22)34-37-40(38-35-29-24(5,6)15-20(32)16-25(29,7)8)39-36-30-26(9,10)17-21(33)18-27(30,11)12/h19-21,31-33H,13-18H2,1-12H3. The van der Waals surface area contributed by atoms with Gasteiger partial charge in [0.1, 0.15) is 0 Å². The average Bonchev–Trinajstić information content (AvgIpc) is 2.66. The van der Waals surface area contributed by atoms with E-state index in [2.05, 4.69) is 0 Å². The van der Waals surface area contributed by atoms with Gasteiger partial charge in [-0.2, -0.15) is 0 Å². The number of hydrogen-bond acceptors (Lipinski definition) is 12. The second kappa shape index (κ2) is 11.8. The van der Waals surface area contributed by atoms with Gasteiger partial charge in [-0.15, -0.1) is 44.2 Å². The van der Waals surface area contributed by atoms with Gasteiger partial charge in [0.2, 0.25) is 0 Å². The Morgan fingerprint density at radius 1 is 0.425 bits per heavy atom. The van der Waals surface area contributed by atoms with Crippen LogP contribution < -0.4 is 0 Å². The normalized spacial score (nSPS) is 29.7. The number of piperidine rings is 3. The SMILES string of the molecule is CC1(C)CC(O)CC(C)(C)N1OOP(OON1C(C)(C)CC(O)CC1(C)C)OON1C(C)(C)CC(O)CC1(C)C. The van der Waals surface area contributed by atoms with Crippen LogP contribution in [-0.2, 0) is 29.0 Å². The van der Waals surface area contributed by atoms with Crippen LogP contribution in [0.1, 0.15) is 122 Å². The van der Waals surface area contributed by atoms with Crippen molar-refractivity contribution in [3.63, 3.8) is 0 Å². The van der Waals surface area contributed by atoms with Crippen molar-refractivity contribution >= 4 is 8.60 Å². The Balaban J connectivity index is 1.79. The summed E-state index contributed by atoms with van der Waals surface area (Å²) in [7, 11) is -2.40. The molecule has 0 saturated carbocycles. The molecular weight excluding hydrogens is 541 g/mol. The molecule has 0 aromatic carbocycles. The fourth-order valence-electron chi connectivity index (χ4n) is 7.46. The summed E-state index contributed by atoms with van der Waals surface area (Å²) in [5, 5.41) is 36.3. The summed E-state index contributed by atoms with van der Waals surface area (Å²) >= 11 is 0. The van der Waals surface area contributed by atoms with E-state index in [1.165, 1.54) is 0 Å². The second-order valence-electron chi connectivity index (χ2n) is 15.6. The number of aliphatic hydroxyl groups excluding tert-OH is 3. The molecule has 3 fully saturated rings. The van der Waals surface area contributed by atoms with Gasteiger partial charge in [0.25, 0.3) is 0 Å². The third-order valence-electron chi connectivity index (χ3n) is 8.22. The summed E-state index contributed by atoms with van der Waals surface area (Å²) in [5.41, 5.74) is -3.31. The second-order valence-corrected chi connectivity index (χ2v) is 16.5. The van der Waals surface area contributed by atoms with Gasteiger partial charge >= 0.3 is 8.60 Å². The van der Waals surface area contributed by atoms with Crippen LogP contribution in [0, 0.1) is 0 Å². The molecule has 3 heterocycles. The zero-order valence-corrected chi connectivity index (χ0v) is 27.4. The predicted octanol–water partition coefficient (Wildman–Crippen LogP) is 4.84. The number of rotatable bonds is 9. The molecule has 40 heavy (non-hydrogen) atoms. The van der Waals surface area contributed by atoms with Gasteiger partial charge in [0.05, 0.1) is 18.3 Å². The van der Waals surface area contributed by atoms with Gasteiger partial charge in [0, 0.05) is 33.2 Å². The lowest BCUT2D eigenvalue weighted by Gasteiger charge is -2.52. The Kier molecular flexibility index (Phi) is 10.2. The molecule has 0 amide bonds. The van der Waals surface area contributed by atoms with Crippen molar-refractivity contribution in [3.8, 4) is 0 Å². The van der Waals surface area contributed by atoms with Crippen molar-refractivity contribution in [1.82, 2.24) is 15.2 Å². The van der Waals surface area contributed by atoms with Crippen LogP contribution in [0.15, 0.2) is 0 Å². The Morgan fingerprint density at radius 2 is 0.600 bits per heavy atom. The van der Waals surface area contributed by atoms with Gasteiger partial charge in [-0.3, -0.25) is 0 Å². The number of hydroxylamine groups is 6. The zero-order valence-electron chi connectivity index (χ0n) is 26.6. The van der Waals surface area contributed by atoms with Gasteiger partial charge < -0.3 is 15.3 Å². The van der Waals surface area contributed by atoms with E-state index in [1.54, 1.807) is 15.2 Å². The van der Waals surface area contributed by atoms with E-state index in [9.17, 15) is 15.3 Å². The van der Waals surface area contributed by atoms with Gasteiger partial charge in [-0.1, -0.05) is 0 Å². The molecule has 3 aliphatic heterocycles. The Hall–Kier alpha value is -0.0500. The third-order valence-corrected chi connectivity index (χ3v) is 8.78. The van der Waals surface area contributed by atoms with Crippen LogP contribution in [0.5, 0.6) is 0 Å². The highest BCUT2D eigenvalue weighted by molar-refractivity contribution is 7.41. The molecule has 13 heteroatoms. The van der Waals surface area contributed by atoms with Crippen molar-refractivity contribution < 1.29 is 44.3 Å². The van der Waals surface area contributed by atoms with Crippen molar-refractivity contribution in [2.45, 2.75) is 173 Å². The molecule has 0 unspecified atom stereocenters. The highest BCUT2D eigenvalue weighted by atomic mass is 31.2. The first-order chi connectivity index (χ1) is 18.0. The monoisotopic (exact) mass is 595 g/mol. The maximum absolute atomic E-state index is 10.4. The van der Waals surface area contributed by atoms with Crippen LogP contribution in [0.2, 0.25) is 0 Å². The summed E-state index contributed by atoms with van der Waals surface area (Å²) in [6.45, 7) is 23.6. The largest absolute Gasteiger partial charge is 0.426 e. The minimum Gasteiger partial charge on any atom is -0.393 e. The van der Waals surface area contributed by atoms with E-state index in [1.807, 2.05) is 83.1 Å². The highest BCUT2D eigenvalue weighted by Crippen LogP contribution is 2.49. The first-order valence-corrected chi connectivity index (χ1v) is 15.4. The lowest BCUT2D eigenvalue weighted by atomic mass is 9.80. The quantitative estimate of drug-likeness (QED) is 0.192. The molecule has 12 nitrogen and oxygen atoms in total. The summed E-state index contributed by atoms with van der Waals surface area (Å²) in [5.74, 6) is 0. The number of nitrogens with zero attached hydrogens (tertiary/aromatic N) is 3. The summed E-state index contributed by atoms with van der Waals surface area (Å²) < 4.78 is 17.2. The zero-order chi connectivity index (χ0) is 30.5. The maximum atomic E-state index is 10.4. The first-order valence-electron chi connectivity index (χ1n) is 14.3. The molecule has 0 atom stereocenters. The molecule has 3 aliphatic rings. The molecule has 0 spiro atoms. The van der Waals surface area contributed by atoms with E-state index in [-0.39, 0.29) is 0 Å². The molecule has 236 valence electrons. The van der Waals surface area contributed by atoms with E-state index in [4.69, 9.17) is 29.0 Å². The molecule has 3 rings (SSSR count). The summed E-state index contributed by atoms with van der Waals surface area (Å²) in [6.07, 6.45) is 1.53. The maximum Gasteiger partial charge on any atom is 0.426 e. The molecule has 0 radical (unpaired) electrons. The molecule has 0 aromatic rings. The van der Waals surface area contributed by atoms with Crippen molar-refractivity contribution in [2.75, 3.05) is 0 Å². The van der Waals surface area contributed by atoms with Crippen molar-refractivity contribution in [3.05, 3.63) is 0 Å². The summed E-state index contributed by atoms with van der Waals surface area (Å²) in [4.78, 5) is 17.6.